The topological polar surface area (TPSA) is 133 Å². The number of nitro groups is 1. The van der Waals surface area contributed by atoms with Crippen LogP contribution in [-0.4, -0.2) is 45.0 Å². The molecule has 1 aromatic carbocycles. The fraction of sp³-hybridized carbons (Fsp3) is 0.417. The minimum absolute atomic E-state index is 0.0557. The van der Waals surface area contributed by atoms with Gasteiger partial charge in [0, 0.05) is 6.07 Å². The number of anilines is 1. The summed E-state index contributed by atoms with van der Waals surface area (Å²) in [6.07, 6.45) is 0.300. The number of nitrogens with one attached hydrogen (secondary N) is 1. The summed E-state index contributed by atoms with van der Waals surface area (Å²) < 4.78 is 0. The van der Waals surface area contributed by atoms with Gasteiger partial charge in [0.15, 0.2) is 0 Å². The molecule has 0 saturated carbocycles. The van der Waals surface area contributed by atoms with Crippen LogP contribution in [0.1, 0.15) is 23.7 Å². The molecule has 0 radical (unpaired) electrons. The van der Waals surface area contributed by atoms with Gasteiger partial charge in [-0.25, -0.2) is 4.79 Å². The first kappa shape index (κ1) is 15.9. The number of carbonyl (C=O) groups is 1. The first-order chi connectivity index (χ1) is 9.39. The van der Waals surface area contributed by atoms with Gasteiger partial charge in [-0.2, -0.15) is 0 Å². The molecule has 0 bridgehead atoms. The Morgan fingerprint density at radius 3 is 2.40 bits per heavy atom. The van der Waals surface area contributed by atoms with E-state index in [4.69, 9.17) is 5.11 Å². The lowest BCUT2D eigenvalue weighted by atomic mass is 9.97. The maximum atomic E-state index is 10.9. The predicted molar refractivity (Wildman–Crippen MR) is 70.9 cm³/mol. The maximum absolute atomic E-state index is 10.9. The van der Waals surface area contributed by atoms with E-state index in [2.05, 4.69) is 5.32 Å². The van der Waals surface area contributed by atoms with Crippen molar-refractivity contribution in [1.29, 1.82) is 0 Å². The van der Waals surface area contributed by atoms with E-state index < -0.39 is 29.6 Å². The van der Waals surface area contributed by atoms with Crippen LogP contribution in [0, 0.1) is 10.1 Å². The summed E-state index contributed by atoms with van der Waals surface area (Å²) in [5.41, 5.74) is -1.66. The third kappa shape index (κ3) is 3.22. The molecule has 0 heterocycles. The number of benzene rings is 1. The third-order valence-corrected chi connectivity index (χ3v) is 3.12. The Morgan fingerprint density at radius 2 is 2.00 bits per heavy atom. The van der Waals surface area contributed by atoms with Crippen LogP contribution in [0.2, 0.25) is 0 Å². The normalized spacial score (nSPS) is 11.2. The van der Waals surface area contributed by atoms with E-state index in [1.165, 1.54) is 0 Å². The van der Waals surface area contributed by atoms with Crippen molar-refractivity contribution in [2.75, 3.05) is 18.5 Å². The molecule has 0 aliphatic rings. The maximum Gasteiger partial charge on any atom is 0.335 e. The summed E-state index contributed by atoms with van der Waals surface area (Å²) >= 11 is 0. The molecule has 0 unspecified atom stereocenters. The molecule has 1 rings (SSSR count). The fourth-order valence-electron chi connectivity index (χ4n) is 1.66. The van der Waals surface area contributed by atoms with Crippen molar-refractivity contribution in [2.24, 2.45) is 0 Å². The van der Waals surface area contributed by atoms with Gasteiger partial charge in [0.2, 0.25) is 0 Å². The molecular formula is C12H16N2O6. The number of carboxylic acid groups (broad SMARTS) is 1. The van der Waals surface area contributed by atoms with Gasteiger partial charge in [-0.3, -0.25) is 10.1 Å². The Kier molecular flexibility index (Phi) is 5.00. The number of aliphatic hydroxyl groups is 2. The summed E-state index contributed by atoms with van der Waals surface area (Å²) in [4.78, 5) is 21.2. The summed E-state index contributed by atoms with van der Waals surface area (Å²) in [6, 6.07) is 3.30. The minimum atomic E-state index is -1.22. The van der Waals surface area contributed by atoms with Crippen molar-refractivity contribution < 1.29 is 25.0 Å². The van der Waals surface area contributed by atoms with E-state index in [0.717, 1.165) is 18.2 Å². The van der Waals surface area contributed by atoms with E-state index in [9.17, 15) is 25.1 Å². The smallest absolute Gasteiger partial charge is 0.335 e. The average Bonchev–Trinajstić information content (AvgIpc) is 2.44. The second-order valence-electron chi connectivity index (χ2n) is 4.37. The minimum Gasteiger partial charge on any atom is -0.478 e. The number of carboxylic acids is 1. The fourth-order valence-corrected chi connectivity index (χ4v) is 1.66. The lowest BCUT2D eigenvalue weighted by molar-refractivity contribution is -0.384. The van der Waals surface area contributed by atoms with Gasteiger partial charge in [0.05, 0.1) is 29.2 Å². The van der Waals surface area contributed by atoms with Gasteiger partial charge in [-0.15, -0.1) is 0 Å². The number of rotatable bonds is 7. The van der Waals surface area contributed by atoms with Crippen LogP contribution in [0.4, 0.5) is 11.4 Å². The van der Waals surface area contributed by atoms with Crippen molar-refractivity contribution >= 4 is 17.3 Å². The van der Waals surface area contributed by atoms with Gasteiger partial charge in [-0.05, 0) is 18.6 Å². The number of aromatic carboxylic acids is 1. The second-order valence-corrected chi connectivity index (χ2v) is 4.37. The quantitative estimate of drug-likeness (QED) is 0.430. The average molecular weight is 284 g/mol. The van der Waals surface area contributed by atoms with Crippen LogP contribution in [0.25, 0.3) is 0 Å². The molecule has 1 aromatic rings. The molecule has 0 saturated heterocycles. The molecule has 0 aliphatic heterocycles. The zero-order valence-electron chi connectivity index (χ0n) is 10.9. The van der Waals surface area contributed by atoms with E-state index in [1.54, 1.807) is 6.92 Å². The number of hydrogen-bond donors (Lipinski definition) is 4. The first-order valence-corrected chi connectivity index (χ1v) is 5.90. The SMILES string of the molecule is CCC(CO)(CO)Nc1cc(C(=O)O)ccc1[N+](=O)[O-]. The van der Waals surface area contributed by atoms with E-state index in [1.807, 2.05) is 0 Å². The Hall–Kier alpha value is -2.19. The zero-order valence-corrected chi connectivity index (χ0v) is 10.9. The molecule has 0 aromatic heterocycles. The van der Waals surface area contributed by atoms with Gasteiger partial charge in [0.25, 0.3) is 5.69 Å². The van der Waals surface area contributed by atoms with Crippen LogP contribution in [0.5, 0.6) is 0 Å². The first-order valence-electron chi connectivity index (χ1n) is 5.90. The highest BCUT2D eigenvalue weighted by atomic mass is 16.6. The van der Waals surface area contributed by atoms with Crippen LogP contribution in [0.15, 0.2) is 18.2 Å². The molecule has 110 valence electrons. The molecule has 20 heavy (non-hydrogen) atoms. The molecule has 0 atom stereocenters. The van der Waals surface area contributed by atoms with Gasteiger partial charge in [0.1, 0.15) is 5.69 Å². The predicted octanol–water partition coefficient (Wildman–Crippen LogP) is 0.838. The molecule has 0 aliphatic carbocycles. The van der Waals surface area contributed by atoms with Gasteiger partial charge >= 0.3 is 5.97 Å². The number of nitrogens with zero attached hydrogens (tertiary/aromatic N) is 1. The molecule has 0 spiro atoms. The number of nitro benzene ring substituents is 1. The Morgan fingerprint density at radius 1 is 1.40 bits per heavy atom. The second kappa shape index (κ2) is 6.31. The summed E-state index contributed by atoms with van der Waals surface area (Å²) in [6.45, 7) is 0.787. The van der Waals surface area contributed by atoms with Crippen molar-refractivity contribution in [2.45, 2.75) is 18.9 Å². The largest absolute Gasteiger partial charge is 0.478 e. The third-order valence-electron chi connectivity index (χ3n) is 3.12. The highest BCUT2D eigenvalue weighted by molar-refractivity contribution is 5.90. The van der Waals surface area contributed by atoms with Crippen LogP contribution < -0.4 is 5.32 Å². The van der Waals surface area contributed by atoms with E-state index >= 15 is 0 Å². The standard InChI is InChI=1S/C12H16N2O6/c1-2-12(6-15,7-16)13-9-5-8(11(17)18)3-4-10(9)14(19)20/h3-5,13,15-16H,2,6-7H2,1H3,(H,17,18). The van der Waals surface area contributed by atoms with E-state index in [-0.39, 0.29) is 16.9 Å². The summed E-state index contributed by atoms with van der Waals surface area (Å²) in [5, 5.41) is 41.2. The number of aliphatic hydroxyl groups excluding tert-OH is 2. The Balaban J connectivity index is 3.29. The van der Waals surface area contributed by atoms with Gasteiger partial charge in [-0.1, -0.05) is 6.92 Å². The van der Waals surface area contributed by atoms with Crippen LogP contribution in [-0.2, 0) is 0 Å². The van der Waals surface area contributed by atoms with Crippen molar-refractivity contribution in [3.63, 3.8) is 0 Å². The molecule has 0 amide bonds. The highest BCUT2D eigenvalue weighted by Crippen LogP contribution is 2.29. The molecular weight excluding hydrogens is 268 g/mol. The van der Waals surface area contributed by atoms with Crippen LogP contribution in [0.3, 0.4) is 0 Å². The van der Waals surface area contributed by atoms with E-state index in [0.29, 0.717) is 6.42 Å². The Labute approximate surface area is 114 Å². The Bertz CT molecular complexity index is 504. The molecule has 0 fully saturated rings. The van der Waals surface area contributed by atoms with Crippen molar-refractivity contribution in [3.8, 4) is 0 Å². The lowest BCUT2D eigenvalue weighted by Gasteiger charge is -2.30. The number of hydrogen-bond acceptors (Lipinski definition) is 6. The van der Waals surface area contributed by atoms with Crippen molar-refractivity contribution in [3.05, 3.63) is 33.9 Å². The summed E-state index contributed by atoms with van der Waals surface area (Å²) in [5.74, 6) is -1.22. The van der Waals surface area contributed by atoms with Crippen LogP contribution >= 0.6 is 0 Å². The monoisotopic (exact) mass is 284 g/mol. The lowest BCUT2D eigenvalue weighted by Crippen LogP contribution is -2.45. The zero-order chi connectivity index (χ0) is 15.3. The van der Waals surface area contributed by atoms with Gasteiger partial charge < -0.3 is 20.6 Å². The van der Waals surface area contributed by atoms with Crippen molar-refractivity contribution in [1.82, 2.24) is 0 Å². The molecule has 8 heteroatoms. The summed E-state index contributed by atoms with van der Waals surface area (Å²) in [7, 11) is 0. The molecule has 4 N–H and O–H groups in total. The highest BCUT2D eigenvalue weighted by Gasteiger charge is 2.29. The molecule has 8 nitrogen and oxygen atoms in total.